The van der Waals surface area contributed by atoms with E-state index in [1.54, 1.807) is 11.3 Å². The number of aryl methyl sites for hydroxylation is 3. The van der Waals surface area contributed by atoms with Crippen molar-refractivity contribution in [2.24, 2.45) is 4.99 Å². The van der Waals surface area contributed by atoms with Gasteiger partial charge in [0.15, 0.2) is 0 Å². The third-order valence-corrected chi connectivity index (χ3v) is 9.80. The number of nitrogens with zero attached hydrogens (tertiary/aromatic N) is 1. The van der Waals surface area contributed by atoms with Crippen molar-refractivity contribution >= 4 is 60.8 Å². The van der Waals surface area contributed by atoms with E-state index in [9.17, 15) is 4.79 Å². The van der Waals surface area contributed by atoms with Gasteiger partial charge in [-0.05, 0) is 96.8 Å². The molecule has 6 rings (SSSR count). The molecule has 43 heavy (non-hydrogen) atoms. The summed E-state index contributed by atoms with van der Waals surface area (Å²) in [7, 11) is 0. The van der Waals surface area contributed by atoms with Crippen LogP contribution in [0.5, 0.6) is 5.75 Å². The Labute approximate surface area is 266 Å². The molecule has 0 radical (unpaired) electrons. The summed E-state index contributed by atoms with van der Waals surface area (Å²) in [5.41, 5.74) is 6.90. The van der Waals surface area contributed by atoms with E-state index in [1.807, 2.05) is 56.5 Å². The van der Waals surface area contributed by atoms with Gasteiger partial charge >= 0.3 is 0 Å². The lowest BCUT2D eigenvalue weighted by Crippen LogP contribution is -2.15. The maximum absolute atomic E-state index is 14.0. The first-order valence-corrected chi connectivity index (χ1v) is 16.5. The van der Waals surface area contributed by atoms with Crippen LogP contribution in [-0.2, 0) is 19.4 Å². The summed E-state index contributed by atoms with van der Waals surface area (Å²) in [6.45, 7) is 4.53. The molecule has 5 aromatic rings. The zero-order valence-corrected chi connectivity index (χ0v) is 27.0. The predicted octanol–water partition coefficient (Wildman–Crippen LogP) is 10.5. The van der Waals surface area contributed by atoms with E-state index in [2.05, 4.69) is 63.7 Å². The number of carbonyl (C=O) groups excluding carboxylic acids is 1. The number of anilines is 1. The van der Waals surface area contributed by atoms with Gasteiger partial charge < -0.3 is 10.1 Å². The highest BCUT2D eigenvalue weighted by Gasteiger charge is 2.25. The molecule has 0 atom stereocenters. The van der Waals surface area contributed by atoms with Crippen LogP contribution in [0.3, 0.4) is 0 Å². The van der Waals surface area contributed by atoms with E-state index < -0.39 is 0 Å². The van der Waals surface area contributed by atoms with Crippen molar-refractivity contribution in [1.82, 2.24) is 0 Å². The fourth-order valence-corrected chi connectivity index (χ4v) is 7.18. The highest BCUT2D eigenvalue weighted by molar-refractivity contribution is 9.10. The Bertz CT molecular complexity index is 1810. The van der Waals surface area contributed by atoms with E-state index in [0.29, 0.717) is 6.61 Å². The number of rotatable bonds is 7. The summed E-state index contributed by atoms with van der Waals surface area (Å²) >= 11 is 5.18. The van der Waals surface area contributed by atoms with E-state index in [4.69, 9.17) is 9.73 Å². The maximum Gasteiger partial charge on any atom is 0.259 e. The fourth-order valence-electron chi connectivity index (χ4n) is 5.68. The molecule has 0 aliphatic heterocycles. The Morgan fingerprint density at radius 3 is 2.58 bits per heavy atom. The second-order valence-corrected chi connectivity index (χ2v) is 13.2. The summed E-state index contributed by atoms with van der Waals surface area (Å²) in [6.07, 6.45) is 8.46. The Morgan fingerprint density at radius 1 is 0.953 bits per heavy atom. The monoisotopic (exact) mass is 650 g/mol. The van der Waals surface area contributed by atoms with E-state index in [-0.39, 0.29) is 5.91 Å². The number of aliphatic imine (C=N–C) groups is 1. The van der Waals surface area contributed by atoms with Gasteiger partial charge in [0, 0.05) is 26.8 Å². The standard InChI is InChI=1S/C37H35BrN2O2S/c1-24-13-14-25(2)32(21-24)40-36(41)35-30-11-5-3-4-6-12-34(30)43-37(35)39-22-31-29-10-8-7-9-27(29)17-20-33(31)42-23-26-15-18-28(38)19-16-26/h7-10,13-22H,3-6,11-12,23H2,1-2H3,(H,40,41). The summed E-state index contributed by atoms with van der Waals surface area (Å²) in [5, 5.41) is 6.18. The van der Waals surface area contributed by atoms with Gasteiger partial charge in [-0.15, -0.1) is 11.3 Å². The molecule has 1 amide bonds. The summed E-state index contributed by atoms with van der Waals surface area (Å²) in [4.78, 5) is 20.4. The second-order valence-electron chi connectivity index (χ2n) is 11.2. The molecule has 4 aromatic carbocycles. The topological polar surface area (TPSA) is 50.7 Å². The van der Waals surface area contributed by atoms with Gasteiger partial charge in [0.2, 0.25) is 0 Å². The number of carbonyl (C=O) groups is 1. The number of ether oxygens (including phenoxy) is 1. The molecule has 0 spiro atoms. The molecule has 0 bridgehead atoms. The quantitative estimate of drug-likeness (QED) is 0.178. The molecule has 0 unspecified atom stereocenters. The minimum absolute atomic E-state index is 0.0800. The normalized spacial score (nSPS) is 13.5. The number of hydrogen-bond donors (Lipinski definition) is 1. The summed E-state index contributed by atoms with van der Waals surface area (Å²) in [6, 6.07) is 26.7. The molecular weight excluding hydrogens is 616 g/mol. The molecule has 4 nitrogen and oxygen atoms in total. The first kappa shape index (κ1) is 29.3. The van der Waals surface area contributed by atoms with Crippen molar-refractivity contribution in [2.45, 2.75) is 59.0 Å². The van der Waals surface area contributed by atoms with Gasteiger partial charge in [-0.25, -0.2) is 4.99 Å². The Morgan fingerprint density at radius 2 is 1.74 bits per heavy atom. The lowest BCUT2D eigenvalue weighted by Gasteiger charge is -2.13. The fraction of sp³-hybridized carbons (Fsp3) is 0.243. The lowest BCUT2D eigenvalue weighted by molar-refractivity contribution is 0.102. The van der Waals surface area contributed by atoms with Crippen molar-refractivity contribution in [3.05, 3.63) is 122 Å². The molecule has 1 N–H and O–H groups in total. The highest BCUT2D eigenvalue weighted by atomic mass is 79.9. The Hall–Kier alpha value is -3.74. The smallest absolute Gasteiger partial charge is 0.259 e. The van der Waals surface area contributed by atoms with Crippen LogP contribution in [0, 0.1) is 13.8 Å². The number of nitrogens with one attached hydrogen (secondary N) is 1. The SMILES string of the molecule is Cc1ccc(C)c(NC(=O)c2c(N=Cc3c(OCc4ccc(Br)cc4)ccc4ccccc34)sc3c2CCCCCC3)c1. The molecule has 218 valence electrons. The maximum atomic E-state index is 14.0. The van der Waals surface area contributed by atoms with E-state index in [1.165, 1.54) is 23.3 Å². The van der Waals surface area contributed by atoms with Crippen LogP contribution in [0.2, 0.25) is 0 Å². The molecule has 0 saturated carbocycles. The number of hydrogen-bond acceptors (Lipinski definition) is 4. The molecule has 1 heterocycles. The minimum atomic E-state index is -0.0800. The molecule has 1 aliphatic rings. The van der Waals surface area contributed by atoms with E-state index in [0.717, 1.165) is 85.2 Å². The molecular formula is C37H35BrN2O2S. The van der Waals surface area contributed by atoms with Crippen LogP contribution in [0.25, 0.3) is 10.8 Å². The third kappa shape index (κ3) is 6.76. The molecule has 1 aromatic heterocycles. The van der Waals surface area contributed by atoms with Gasteiger partial charge in [0.25, 0.3) is 5.91 Å². The number of thiophene rings is 1. The highest BCUT2D eigenvalue weighted by Crippen LogP contribution is 2.40. The van der Waals surface area contributed by atoms with Crippen molar-refractivity contribution in [3.63, 3.8) is 0 Å². The zero-order valence-electron chi connectivity index (χ0n) is 24.6. The van der Waals surface area contributed by atoms with Gasteiger partial charge in [-0.2, -0.15) is 0 Å². The average Bonchev–Trinajstić information content (AvgIpc) is 3.33. The molecule has 6 heteroatoms. The molecule has 1 aliphatic carbocycles. The van der Waals surface area contributed by atoms with Crippen LogP contribution in [0.15, 0.2) is 88.3 Å². The summed E-state index contributed by atoms with van der Waals surface area (Å²) in [5.74, 6) is 0.685. The number of amides is 1. The van der Waals surface area contributed by atoms with Crippen molar-refractivity contribution < 1.29 is 9.53 Å². The first-order valence-electron chi connectivity index (χ1n) is 14.9. The third-order valence-electron chi connectivity index (χ3n) is 8.07. The largest absolute Gasteiger partial charge is 0.488 e. The van der Waals surface area contributed by atoms with Gasteiger partial charge in [-0.3, -0.25) is 4.79 Å². The Balaban J connectivity index is 1.40. The van der Waals surface area contributed by atoms with Gasteiger partial charge in [-0.1, -0.05) is 83.4 Å². The predicted molar refractivity (Wildman–Crippen MR) is 184 cm³/mol. The van der Waals surface area contributed by atoms with E-state index >= 15 is 0 Å². The molecule has 0 fully saturated rings. The van der Waals surface area contributed by atoms with Crippen LogP contribution >= 0.6 is 27.3 Å². The van der Waals surface area contributed by atoms with Crippen LogP contribution in [0.4, 0.5) is 10.7 Å². The number of halogens is 1. The summed E-state index contributed by atoms with van der Waals surface area (Å²) < 4.78 is 7.41. The van der Waals surface area contributed by atoms with Crippen LogP contribution in [0.1, 0.15) is 68.7 Å². The second kappa shape index (κ2) is 13.3. The number of fused-ring (bicyclic) bond motifs is 2. The average molecular weight is 652 g/mol. The number of benzene rings is 4. The van der Waals surface area contributed by atoms with Crippen molar-refractivity contribution in [2.75, 3.05) is 5.32 Å². The van der Waals surface area contributed by atoms with Gasteiger partial charge in [0.1, 0.15) is 17.4 Å². The lowest BCUT2D eigenvalue weighted by atomic mass is 9.96. The van der Waals surface area contributed by atoms with Crippen LogP contribution in [-0.4, -0.2) is 12.1 Å². The van der Waals surface area contributed by atoms with Crippen molar-refractivity contribution in [1.29, 1.82) is 0 Å². The van der Waals surface area contributed by atoms with Gasteiger partial charge in [0.05, 0.1) is 5.56 Å². The Kier molecular flexibility index (Phi) is 9.06. The van der Waals surface area contributed by atoms with Crippen molar-refractivity contribution in [3.8, 4) is 5.75 Å². The first-order chi connectivity index (χ1) is 21.0. The minimum Gasteiger partial charge on any atom is -0.488 e. The zero-order chi connectivity index (χ0) is 29.8. The molecule has 0 saturated heterocycles. The van der Waals surface area contributed by atoms with Crippen LogP contribution < -0.4 is 10.1 Å².